The number of nitrogens with one attached hydrogen (secondary N) is 1. The second kappa shape index (κ2) is 7.14. The summed E-state index contributed by atoms with van der Waals surface area (Å²) in [6.45, 7) is 3.47. The van der Waals surface area contributed by atoms with Crippen LogP contribution in [0.25, 0.3) is 0 Å². The van der Waals surface area contributed by atoms with Crippen molar-refractivity contribution in [1.82, 2.24) is 10.2 Å². The Morgan fingerprint density at radius 2 is 1.86 bits per heavy atom. The Morgan fingerprint density at radius 3 is 2.45 bits per heavy atom. The zero-order valence-corrected chi connectivity index (χ0v) is 14.8. The van der Waals surface area contributed by atoms with Gasteiger partial charge in [0.05, 0.1) is 0 Å². The molecule has 120 valence electrons. The van der Waals surface area contributed by atoms with Crippen LogP contribution in [0, 0.1) is 0 Å². The number of amides is 1. The Morgan fingerprint density at radius 1 is 1.23 bits per heavy atom. The first-order valence-corrected chi connectivity index (χ1v) is 9.29. The first-order valence-electron chi connectivity index (χ1n) is 8.49. The Bertz CT molecular complexity index is 502. The van der Waals surface area contributed by atoms with Crippen molar-refractivity contribution in [1.29, 1.82) is 0 Å². The van der Waals surface area contributed by atoms with E-state index >= 15 is 0 Å². The van der Waals surface area contributed by atoms with E-state index in [0.717, 1.165) is 22.9 Å². The molecule has 1 N–H and O–H groups in total. The Hall–Kier alpha value is -0.870. The van der Waals surface area contributed by atoms with Gasteiger partial charge in [-0.2, -0.15) is 0 Å². The lowest BCUT2D eigenvalue weighted by atomic mass is 9.81. The first kappa shape index (κ1) is 16.0. The normalized spacial score (nSPS) is 28.4. The number of carbonyl (C=O) groups excluding carboxylic acids is 1. The smallest absolute Gasteiger partial charge is 0.251 e. The summed E-state index contributed by atoms with van der Waals surface area (Å²) in [5.41, 5.74) is 0.754. The number of nitrogens with zero attached hydrogens (tertiary/aromatic N) is 1. The van der Waals surface area contributed by atoms with Gasteiger partial charge in [0, 0.05) is 28.2 Å². The fraction of sp³-hybridized carbons (Fsp3) is 0.611. The van der Waals surface area contributed by atoms with Gasteiger partial charge in [0.1, 0.15) is 0 Å². The predicted molar refractivity (Wildman–Crippen MR) is 93.1 cm³/mol. The van der Waals surface area contributed by atoms with Gasteiger partial charge in [0.25, 0.3) is 5.91 Å². The largest absolute Gasteiger partial charge is 0.349 e. The number of hydrogen-bond donors (Lipinski definition) is 1. The molecule has 2 fully saturated rings. The highest BCUT2D eigenvalue weighted by Gasteiger charge is 2.38. The topological polar surface area (TPSA) is 32.3 Å². The van der Waals surface area contributed by atoms with E-state index in [0.29, 0.717) is 18.1 Å². The lowest BCUT2D eigenvalue weighted by Gasteiger charge is -2.49. The molecule has 0 spiro atoms. The number of hydrogen-bond acceptors (Lipinski definition) is 2. The van der Waals surface area contributed by atoms with Crippen LogP contribution in [0.1, 0.15) is 55.8 Å². The van der Waals surface area contributed by atoms with Crippen molar-refractivity contribution in [3.05, 3.63) is 34.3 Å². The Labute approximate surface area is 141 Å². The third-order valence-corrected chi connectivity index (χ3v) is 5.58. The van der Waals surface area contributed by atoms with Gasteiger partial charge in [-0.05, 0) is 62.9 Å². The molecule has 22 heavy (non-hydrogen) atoms. The molecule has 2 aliphatic rings. The first-order chi connectivity index (χ1) is 10.7. The molecule has 2 saturated heterocycles. The summed E-state index contributed by atoms with van der Waals surface area (Å²) in [4.78, 5) is 15.1. The minimum absolute atomic E-state index is 0.0690. The van der Waals surface area contributed by atoms with Crippen molar-refractivity contribution in [3.63, 3.8) is 0 Å². The summed E-state index contributed by atoms with van der Waals surface area (Å²) in [7, 11) is 0. The standard InChI is InChI=1S/C18H25BrN2O/c1-2-10-21-16-4-3-5-17(21)12-15(11-16)20-18(22)13-6-8-14(19)9-7-13/h6-9,15-17H,2-5,10-12H2,1H3,(H,20,22). The number of benzene rings is 1. The second-order valence-corrected chi connectivity index (χ2v) is 7.54. The maximum atomic E-state index is 12.4. The highest BCUT2D eigenvalue weighted by Crippen LogP contribution is 2.34. The molecule has 2 heterocycles. The summed E-state index contributed by atoms with van der Waals surface area (Å²) in [6, 6.07) is 9.28. The molecule has 0 aliphatic carbocycles. The molecule has 2 bridgehead atoms. The molecule has 3 rings (SSSR count). The summed E-state index contributed by atoms with van der Waals surface area (Å²) < 4.78 is 1.01. The minimum Gasteiger partial charge on any atom is -0.349 e. The van der Waals surface area contributed by atoms with E-state index in [4.69, 9.17) is 0 Å². The van der Waals surface area contributed by atoms with E-state index in [2.05, 4.69) is 33.1 Å². The van der Waals surface area contributed by atoms with E-state index in [-0.39, 0.29) is 5.91 Å². The lowest BCUT2D eigenvalue weighted by molar-refractivity contribution is 0.0245. The van der Waals surface area contributed by atoms with Crippen molar-refractivity contribution < 1.29 is 4.79 Å². The van der Waals surface area contributed by atoms with Gasteiger partial charge in [-0.3, -0.25) is 9.69 Å². The molecular formula is C18H25BrN2O. The van der Waals surface area contributed by atoms with Crippen LogP contribution in [0.15, 0.2) is 28.7 Å². The molecule has 4 heteroatoms. The van der Waals surface area contributed by atoms with Crippen LogP contribution in [0.2, 0.25) is 0 Å². The van der Waals surface area contributed by atoms with Gasteiger partial charge in [0.15, 0.2) is 0 Å². The highest BCUT2D eigenvalue weighted by molar-refractivity contribution is 9.10. The average Bonchev–Trinajstić information content (AvgIpc) is 2.49. The van der Waals surface area contributed by atoms with Crippen LogP contribution < -0.4 is 5.32 Å². The molecule has 2 atom stereocenters. The van der Waals surface area contributed by atoms with Crippen LogP contribution in [0.3, 0.4) is 0 Å². The number of halogens is 1. The molecule has 0 radical (unpaired) electrons. The van der Waals surface area contributed by atoms with Gasteiger partial charge in [0.2, 0.25) is 0 Å². The highest BCUT2D eigenvalue weighted by atomic mass is 79.9. The molecular weight excluding hydrogens is 340 g/mol. The maximum absolute atomic E-state index is 12.4. The number of fused-ring (bicyclic) bond motifs is 2. The van der Waals surface area contributed by atoms with Crippen LogP contribution in [-0.2, 0) is 0 Å². The molecule has 1 amide bonds. The molecule has 2 aliphatic heterocycles. The number of carbonyl (C=O) groups is 1. The number of rotatable bonds is 4. The molecule has 3 nitrogen and oxygen atoms in total. The Balaban J connectivity index is 1.62. The van der Waals surface area contributed by atoms with E-state index in [1.807, 2.05) is 24.3 Å². The van der Waals surface area contributed by atoms with E-state index in [1.54, 1.807) is 0 Å². The zero-order valence-electron chi connectivity index (χ0n) is 13.2. The van der Waals surface area contributed by atoms with Crippen LogP contribution in [-0.4, -0.2) is 35.5 Å². The van der Waals surface area contributed by atoms with E-state index in [1.165, 1.54) is 32.2 Å². The summed E-state index contributed by atoms with van der Waals surface area (Å²) in [6.07, 6.45) is 7.38. The van der Waals surface area contributed by atoms with Gasteiger partial charge in [-0.15, -0.1) is 0 Å². The van der Waals surface area contributed by atoms with Gasteiger partial charge in [-0.1, -0.05) is 29.3 Å². The van der Waals surface area contributed by atoms with Gasteiger partial charge < -0.3 is 5.32 Å². The molecule has 1 aromatic carbocycles. The lowest BCUT2D eigenvalue weighted by Crippen LogP contribution is -2.57. The number of piperidine rings is 2. The van der Waals surface area contributed by atoms with Crippen molar-refractivity contribution in [3.8, 4) is 0 Å². The molecule has 2 unspecified atom stereocenters. The summed E-state index contributed by atoms with van der Waals surface area (Å²) in [5, 5.41) is 3.26. The molecule has 1 aromatic rings. The van der Waals surface area contributed by atoms with Crippen molar-refractivity contribution in [2.75, 3.05) is 6.54 Å². The third-order valence-electron chi connectivity index (χ3n) is 5.05. The van der Waals surface area contributed by atoms with E-state index < -0.39 is 0 Å². The van der Waals surface area contributed by atoms with Crippen molar-refractivity contribution >= 4 is 21.8 Å². The third kappa shape index (κ3) is 3.54. The summed E-state index contributed by atoms with van der Waals surface area (Å²) >= 11 is 3.41. The fourth-order valence-corrected chi connectivity index (χ4v) is 4.35. The van der Waals surface area contributed by atoms with Crippen LogP contribution in [0.5, 0.6) is 0 Å². The average molecular weight is 365 g/mol. The monoisotopic (exact) mass is 364 g/mol. The minimum atomic E-state index is 0.0690. The fourth-order valence-electron chi connectivity index (χ4n) is 4.09. The predicted octanol–water partition coefficient (Wildman–Crippen LogP) is 3.97. The maximum Gasteiger partial charge on any atom is 0.251 e. The summed E-state index contributed by atoms with van der Waals surface area (Å²) in [5.74, 6) is 0.0690. The quantitative estimate of drug-likeness (QED) is 0.876. The van der Waals surface area contributed by atoms with Gasteiger partial charge >= 0.3 is 0 Å². The molecule has 0 saturated carbocycles. The molecule has 0 aromatic heterocycles. The van der Waals surface area contributed by atoms with Crippen LogP contribution >= 0.6 is 15.9 Å². The zero-order chi connectivity index (χ0) is 15.5. The SMILES string of the molecule is CCCN1C2CCCC1CC(NC(=O)c1ccc(Br)cc1)C2. The van der Waals surface area contributed by atoms with Gasteiger partial charge in [-0.25, -0.2) is 0 Å². The van der Waals surface area contributed by atoms with Crippen molar-refractivity contribution in [2.45, 2.75) is 63.6 Å². The second-order valence-electron chi connectivity index (χ2n) is 6.63. The Kier molecular flexibility index (Phi) is 5.19. The van der Waals surface area contributed by atoms with Crippen LogP contribution in [0.4, 0.5) is 0 Å². The van der Waals surface area contributed by atoms with E-state index in [9.17, 15) is 4.79 Å². The van der Waals surface area contributed by atoms with Crippen molar-refractivity contribution in [2.24, 2.45) is 0 Å².